The molecule has 4 rings (SSSR count). The Balaban J connectivity index is 1.86. The van der Waals surface area contributed by atoms with Gasteiger partial charge in [-0.1, -0.05) is 24.3 Å². The second-order valence-electron chi connectivity index (χ2n) is 5.57. The predicted molar refractivity (Wildman–Crippen MR) is 87.5 cm³/mol. The van der Waals surface area contributed by atoms with Crippen molar-refractivity contribution in [2.45, 2.75) is 23.5 Å². The van der Waals surface area contributed by atoms with Crippen LogP contribution in [-0.4, -0.2) is 18.2 Å². The van der Waals surface area contributed by atoms with Crippen molar-refractivity contribution in [3.05, 3.63) is 59.2 Å². The number of amides is 1. The Morgan fingerprint density at radius 2 is 1.77 bits per heavy atom. The first-order valence-corrected chi connectivity index (χ1v) is 8.43. The minimum atomic E-state index is 0.0593. The van der Waals surface area contributed by atoms with Gasteiger partial charge < -0.3 is 4.90 Å². The monoisotopic (exact) mass is 309 g/mol. The summed E-state index contributed by atoms with van der Waals surface area (Å²) in [5.74, 6) is 0.939. The molecule has 0 N–H and O–H groups in total. The topological polar surface area (TPSA) is 37.4 Å². The van der Waals surface area contributed by atoms with Crippen molar-refractivity contribution >= 4 is 29.1 Å². The number of benzene rings is 2. The molecule has 2 aromatic carbocycles. The highest BCUT2D eigenvalue weighted by Crippen LogP contribution is 2.38. The minimum Gasteiger partial charge on any atom is -0.312 e. The van der Waals surface area contributed by atoms with Crippen LogP contribution in [0.1, 0.15) is 34.3 Å². The summed E-state index contributed by atoms with van der Waals surface area (Å²) in [6.45, 7) is 0.751. The maximum absolute atomic E-state index is 12.9. The Morgan fingerprint density at radius 3 is 2.59 bits per heavy atom. The number of carbonyl (C=O) groups is 2. The van der Waals surface area contributed by atoms with Crippen LogP contribution >= 0.6 is 11.8 Å². The van der Waals surface area contributed by atoms with E-state index >= 15 is 0 Å². The van der Waals surface area contributed by atoms with Crippen LogP contribution in [0.25, 0.3) is 0 Å². The van der Waals surface area contributed by atoms with Crippen molar-refractivity contribution in [2.24, 2.45) is 0 Å². The van der Waals surface area contributed by atoms with Crippen molar-refractivity contribution in [2.75, 3.05) is 11.4 Å². The average Bonchev–Trinajstić information content (AvgIpc) is 2.91. The smallest absolute Gasteiger partial charge is 0.227 e. The summed E-state index contributed by atoms with van der Waals surface area (Å²) in [4.78, 5) is 27.8. The zero-order valence-electron chi connectivity index (χ0n) is 12.0. The lowest BCUT2D eigenvalue weighted by Gasteiger charge is -2.20. The Morgan fingerprint density at radius 1 is 0.955 bits per heavy atom. The van der Waals surface area contributed by atoms with E-state index in [2.05, 4.69) is 0 Å². The number of ketones is 1. The summed E-state index contributed by atoms with van der Waals surface area (Å²) in [6, 6.07) is 13.5. The van der Waals surface area contributed by atoms with E-state index < -0.39 is 0 Å². The number of nitrogens with zero attached hydrogens (tertiary/aromatic N) is 1. The number of anilines is 1. The summed E-state index contributed by atoms with van der Waals surface area (Å²) >= 11 is 1.67. The molecule has 1 amide bonds. The van der Waals surface area contributed by atoms with E-state index in [1.807, 2.05) is 47.4 Å². The second-order valence-corrected chi connectivity index (χ2v) is 6.58. The number of thioether (sulfide) groups is 1. The fraction of sp³-hybridized carbons (Fsp3) is 0.222. The van der Waals surface area contributed by atoms with E-state index in [1.54, 1.807) is 11.8 Å². The van der Waals surface area contributed by atoms with Gasteiger partial charge >= 0.3 is 0 Å². The van der Waals surface area contributed by atoms with E-state index in [-0.39, 0.29) is 11.7 Å². The quantitative estimate of drug-likeness (QED) is 0.807. The van der Waals surface area contributed by atoms with Crippen molar-refractivity contribution < 1.29 is 9.59 Å². The van der Waals surface area contributed by atoms with Crippen LogP contribution in [0.2, 0.25) is 0 Å². The Kier molecular flexibility index (Phi) is 3.26. The standard InChI is InChI=1S/C18H15NO2S/c20-17-9-4-10-19(17)15-7-3-6-12-14(15)11-22-16-8-2-1-5-13(16)18(12)21/h1-3,5-8H,4,9-11H2. The molecule has 2 heterocycles. The lowest BCUT2D eigenvalue weighted by molar-refractivity contribution is -0.117. The zero-order chi connectivity index (χ0) is 15.1. The molecular formula is C18H15NO2S. The minimum absolute atomic E-state index is 0.0593. The maximum Gasteiger partial charge on any atom is 0.227 e. The third kappa shape index (κ3) is 2.06. The molecule has 0 radical (unpaired) electrons. The lowest BCUT2D eigenvalue weighted by Crippen LogP contribution is -2.25. The van der Waals surface area contributed by atoms with E-state index in [0.717, 1.165) is 46.0 Å². The summed E-state index contributed by atoms with van der Waals surface area (Å²) in [7, 11) is 0. The fourth-order valence-electron chi connectivity index (χ4n) is 3.17. The predicted octanol–water partition coefficient (Wildman–Crippen LogP) is 3.65. The van der Waals surface area contributed by atoms with Crippen LogP contribution in [-0.2, 0) is 10.5 Å². The molecule has 2 aliphatic rings. The molecular weight excluding hydrogens is 294 g/mol. The second kappa shape index (κ2) is 5.29. The highest BCUT2D eigenvalue weighted by Gasteiger charge is 2.28. The van der Waals surface area contributed by atoms with Crippen LogP contribution in [0.4, 0.5) is 5.69 Å². The molecule has 1 saturated heterocycles. The Hall–Kier alpha value is -2.07. The van der Waals surface area contributed by atoms with Crippen molar-refractivity contribution in [1.82, 2.24) is 0 Å². The van der Waals surface area contributed by atoms with E-state index in [0.29, 0.717) is 6.42 Å². The van der Waals surface area contributed by atoms with Gasteiger partial charge in [-0.3, -0.25) is 9.59 Å². The Bertz CT molecular complexity index is 784. The van der Waals surface area contributed by atoms with Gasteiger partial charge in [0.25, 0.3) is 0 Å². The third-order valence-corrected chi connectivity index (χ3v) is 5.36. The first kappa shape index (κ1) is 13.6. The number of rotatable bonds is 1. The van der Waals surface area contributed by atoms with E-state index in [1.165, 1.54) is 0 Å². The van der Waals surface area contributed by atoms with Gasteiger partial charge in [0.15, 0.2) is 5.78 Å². The van der Waals surface area contributed by atoms with Gasteiger partial charge in [0.1, 0.15) is 0 Å². The largest absolute Gasteiger partial charge is 0.312 e. The molecule has 2 aromatic rings. The van der Waals surface area contributed by atoms with Crippen molar-refractivity contribution in [3.8, 4) is 0 Å². The molecule has 110 valence electrons. The summed E-state index contributed by atoms with van der Waals surface area (Å²) in [5.41, 5.74) is 3.39. The van der Waals surface area contributed by atoms with Crippen LogP contribution in [0.3, 0.4) is 0 Å². The van der Waals surface area contributed by atoms with Gasteiger partial charge in [-0.2, -0.15) is 0 Å². The third-order valence-electron chi connectivity index (χ3n) is 4.26. The van der Waals surface area contributed by atoms with Gasteiger partial charge in [-0.25, -0.2) is 0 Å². The molecule has 4 heteroatoms. The fourth-order valence-corrected chi connectivity index (χ4v) is 4.26. The molecule has 0 unspecified atom stereocenters. The van der Waals surface area contributed by atoms with Crippen LogP contribution in [0.15, 0.2) is 47.4 Å². The molecule has 0 saturated carbocycles. The molecule has 3 nitrogen and oxygen atoms in total. The number of hydrogen-bond donors (Lipinski definition) is 0. The molecule has 0 spiro atoms. The summed E-state index contributed by atoms with van der Waals surface area (Å²) in [5, 5.41) is 0. The zero-order valence-corrected chi connectivity index (χ0v) is 12.9. The van der Waals surface area contributed by atoms with Gasteiger partial charge in [-0.15, -0.1) is 11.8 Å². The first-order valence-electron chi connectivity index (χ1n) is 7.44. The Labute approximate surface area is 133 Å². The number of fused-ring (bicyclic) bond motifs is 2. The summed E-state index contributed by atoms with van der Waals surface area (Å²) in [6.07, 6.45) is 1.49. The van der Waals surface area contributed by atoms with Gasteiger partial charge in [-0.05, 0) is 30.2 Å². The van der Waals surface area contributed by atoms with Crippen LogP contribution in [0, 0.1) is 0 Å². The average molecular weight is 309 g/mol. The number of hydrogen-bond acceptors (Lipinski definition) is 3. The molecule has 0 aliphatic carbocycles. The van der Waals surface area contributed by atoms with E-state index in [4.69, 9.17) is 0 Å². The lowest BCUT2D eigenvalue weighted by atomic mass is 9.97. The van der Waals surface area contributed by atoms with Crippen molar-refractivity contribution in [3.63, 3.8) is 0 Å². The highest BCUT2D eigenvalue weighted by atomic mass is 32.2. The van der Waals surface area contributed by atoms with Crippen LogP contribution in [0.5, 0.6) is 0 Å². The molecule has 0 aromatic heterocycles. The molecule has 0 bridgehead atoms. The maximum atomic E-state index is 12.9. The molecule has 1 fully saturated rings. The first-order chi connectivity index (χ1) is 10.8. The molecule has 0 atom stereocenters. The molecule has 2 aliphatic heterocycles. The summed E-state index contributed by atoms with van der Waals surface area (Å²) < 4.78 is 0. The van der Waals surface area contributed by atoms with Gasteiger partial charge in [0.2, 0.25) is 5.91 Å². The van der Waals surface area contributed by atoms with Crippen molar-refractivity contribution in [1.29, 1.82) is 0 Å². The molecule has 22 heavy (non-hydrogen) atoms. The highest BCUT2D eigenvalue weighted by molar-refractivity contribution is 7.98. The van der Waals surface area contributed by atoms with Gasteiger partial charge in [0, 0.05) is 40.4 Å². The van der Waals surface area contributed by atoms with Gasteiger partial charge in [0.05, 0.1) is 0 Å². The van der Waals surface area contributed by atoms with Crippen LogP contribution < -0.4 is 4.90 Å². The van der Waals surface area contributed by atoms with E-state index in [9.17, 15) is 9.59 Å². The normalized spacial score (nSPS) is 17.2. The SMILES string of the molecule is O=C1c2ccccc2SCc2c1cccc2N1CCCC1=O. The number of carbonyl (C=O) groups excluding carboxylic acids is 2.